The molecule has 0 aromatic heterocycles. The van der Waals surface area contributed by atoms with Crippen LogP contribution in [0.15, 0.2) is 18.2 Å². The van der Waals surface area contributed by atoms with Gasteiger partial charge >= 0.3 is 5.97 Å². The van der Waals surface area contributed by atoms with Crippen molar-refractivity contribution in [2.24, 2.45) is 11.1 Å². The zero-order valence-electron chi connectivity index (χ0n) is 11.7. The van der Waals surface area contributed by atoms with Gasteiger partial charge in [0, 0.05) is 31.0 Å². The molecule has 1 atom stereocenters. The van der Waals surface area contributed by atoms with Crippen molar-refractivity contribution in [2.75, 3.05) is 17.2 Å². The lowest BCUT2D eigenvalue weighted by molar-refractivity contribution is -0.384. The van der Waals surface area contributed by atoms with E-state index in [1.165, 1.54) is 6.07 Å². The Kier molecular flexibility index (Phi) is 4.34. The fraction of sp³-hybridized carbons (Fsp3) is 0.333. The number of non-ortho nitro benzene ring substituents is 1. The Morgan fingerprint density at radius 1 is 1.48 bits per heavy atom. The van der Waals surface area contributed by atoms with Gasteiger partial charge in [0.05, 0.1) is 21.9 Å². The molecule has 1 aromatic rings. The number of aromatic carboxylic acids is 1. The van der Waals surface area contributed by atoms with Gasteiger partial charge in [-0.2, -0.15) is 0 Å². The largest absolute Gasteiger partial charge is 0.478 e. The van der Waals surface area contributed by atoms with Crippen LogP contribution in [0.4, 0.5) is 11.4 Å². The normalized spacial score (nSPS) is 18.2. The number of nitro groups is 1. The molecule has 0 saturated carbocycles. The van der Waals surface area contributed by atoms with Crippen molar-refractivity contribution >= 4 is 33.3 Å². The number of benzene rings is 1. The molecular weight excluding hydrogens is 330 g/mol. The Hall–Kier alpha value is -2.53. The highest BCUT2D eigenvalue weighted by molar-refractivity contribution is 7.89. The topological polar surface area (TPSA) is 161 Å². The van der Waals surface area contributed by atoms with Gasteiger partial charge in [-0.15, -0.1) is 0 Å². The first kappa shape index (κ1) is 16.8. The molecule has 3 N–H and O–H groups in total. The van der Waals surface area contributed by atoms with Crippen molar-refractivity contribution in [2.45, 2.75) is 6.42 Å². The lowest BCUT2D eigenvalue weighted by Gasteiger charge is -2.18. The Morgan fingerprint density at radius 2 is 2.13 bits per heavy atom. The van der Waals surface area contributed by atoms with E-state index in [4.69, 9.17) is 5.14 Å². The monoisotopic (exact) mass is 343 g/mol. The molecule has 1 aliphatic rings. The lowest BCUT2D eigenvalue weighted by atomic mass is 10.1. The number of primary sulfonamides is 1. The number of carbonyl (C=O) groups excluding carboxylic acids is 1. The summed E-state index contributed by atoms with van der Waals surface area (Å²) in [6, 6.07) is 3.11. The maximum Gasteiger partial charge on any atom is 0.338 e. The molecule has 0 spiro atoms. The van der Waals surface area contributed by atoms with Crippen LogP contribution in [0, 0.1) is 16.0 Å². The van der Waals surface area contributed by atoms with Gasteiger partial charge < -0.3 is 10.0 Å². The summed E-state index contributed by atoms with van der Waals surface area (Å²) in [6.07, 6.45) is -0.0908. The summed E-state index contributed by atoms with van der Waals surface area (Å²) in [5.41, 5.74) is -0.826. The SMILES string of the molecule is NS(=O)(=O)CC1CC(=O)N(c2ccc([N+](=O)[O-])cc2C(=O)O)C1. The molecule has 10 nitrogen and oxygen atoms in total. The van der Waals surface area contributed by atoms with Crippen molar-refractivity contribution < 1.29 is 28.0 Å². The highest BCUT2D eigenvalue weighted by atomic mass is 32.2. The van der Waals surface area contributed by atoms with Gasteiger partial charge in [0.2, 0.25) is 15.9 Å². The van der Waals surface area contributed by atoms with Gasteiger partial charge in [-0.25, -0.2) is 18.4 Å². The fourth-order valence-corrected chi connectivity index (χ4v) is 3.38. The van der Waals surface area contributed by atoms with E-state index in [-0.39, 0.29) is 18.7 Å². The lowest BCUT2D eigenvalue weighted by Crippen LogP contribution is -2.28. The van der Waals surface area contributed by atoms with Gasteiger partial charge in [0.15, 0.2) is 0 Å². The van der Waals surface area contributed by atoms with Crippen LogP contribution >= 0.6 is 0 Å². The number of nitrogens with two attached hydrogens (primary N) is 1. The van der Waals surface area contributed by atoms with Gasteiger partial charge in [-0.1, -0.05) is 0 Å². The van der Waals surface area contributed by atoms with Crippen molar-refractivity contribution in [3.05, 3.63) is 33.9 Å². The predicted molar refractivity (Wildman–Crippen MR) is 78.5 cm³/mol. The molecule has 1 saturated heterocycles. The third-order valence-corrected chi connectivity index (χ3v) is 4.32. The molecule has 1 heterocycles. The highest BCUT2D eigenvalue weighted by Crippen LogP contribution is 2.31. The Labute approximate surface area is 130 Å². The van der Waals surface area contributed by atoms with E-state index in [1.54, 1.807) is 0 Å². The van der Waals surface area contributed by atoms with Crippen molar-refractivity contribution in [1.82, 2.24) is 0 Å². The Bertz CT molecular complexity index is 790. The molecule has 0 radical (unpaired) electrons. The highest BCUT2D eigenvalue weighted by Gasteiger charge is 2.35. The second kappa shape index (κ2) is 5.93. The molecule has 0 aliphatic carbocycles. The number of hydrogen-bond acceptors (Lipinski definition) is 6. The van der Waals surface area contributed by atoms with Crippen molar-refractivity contribution in [1.29, 1.82) is 0 Å². The summed E-state index contributed by atoms with van der Waals surface area (Å²) in [5.74, 6) is -2.85. The van der Waals surface area contributed by atoms with Crippen LogP contribution in [0.25, 0.3) is 0 Å². The predicted octanol–water partition coefficient (Wildman–Crippen LogP) is -0.0656. The fourth-order valence-electron chi connectivity index (χ4n) is 2.50. The number of nitro benzene ring substituents is 1. The third-order valence-electron chi connectivity index (χ3n) is 3.39. The number of sulfonamides is 1. The van der Waals surface area contributed by atoms with E-state index in [2.05, 4.69) is 0 Å². The number of nitrogens with zero attached hydrogens (tertiary/aromatic N) is 2. The molecule has 1 aromatic carbocycles. The molecule has 1 aliphatic heterocycles. The molecule has 1 amide bonds. The summed E-state index contributed by atoms with van der Waals surface area (Å²) in [4.78, 5) is 34.4. The molecule has 1 fully saturated rings. The second-order valence-corrected chi connectivity index (χ2v) is 6.83. The quantitative estimate of drug-likeness (QED) is 0.558. The standard InChI is InChI=1S/C12H13N3O7S/c13-23(21,22)6-7-3-11(16)14(5-7)10-2-1-8(15(19)20)4-9(10)12(17)18/h1-2,4,7H,3,5-6H2,(H,17,18)(H2,13,21,22). The molecular formula is C12H13N3O7S. The van der Waals surface area contributed by atoms with E-state index in [0.717, 1.165) is 17.0 Å². The van der Waals surface area contributed by atoms with Crippen LogP contribution in [-0.4, -0.2) is 42.6 Å². The minimum Gasteiger partial charge on any atom is -0.478 e. The Morgan fingerprint density at radius 3 is 2.65 bits per heavy atom. The number of rotatable bonds is 5. The van der Waals surface area contributed by atoms with Crippen LogP contribution in [0.1, 0.15) is 16.8 Å². The molecule has 1 unspecified atom stereocenters. The number of anilines is 1. The first-order chi connectivity index (χ1) is 10.6. The van der Waals surface area contributed by atoms with E-state index in [0.29, 0.717) is 0 Å². The van der Waals surface area contributed by atoms with Crippen LogP contribution < -0.4 is 10.0 Å². The zero-order valence-corrected chi connectivity index (χ0v) is 12.5. The summed E-state index contributed by atoms with van der Waals surface area (Å²) < 4.78 is 22.2. The molecule has 2 rings (SSSR count). The zero-order chi connectivity index (χ0) is 17.4. The minimum atomic E-state index is -3.77. The second-order valence-electron chi connectivity index (χ2n) is 5.17. The van der Waals surface area contributed by atoms with Crippen LogP contribution in [-0.2, 0) is 14.8 Å². The molecule has 11 heteroatoms. The Balaban J connectivity index is 2.36. The van der Waals surface area contributed by atoms with Crippen molar-refractivity contribution in [3.63, 3.8) is 0 Å². The molecule has 0 bridgehead atoms. The number of amides is 1. The summed E-state index contributed by atoms with van der Waals surface area (Å²) in [6.45, 7) is -0.0205. The first-order valence-electron chi connectivity index (χ1n) is 6.41. The van der Waals surface area contributed by atoms with Crippen LogP contribution in [0.3, 0.4) is 0 Å². The number of carboxylic acids is 1. The van der Waals surface area contributed by atoms with E-state index in [1.807, 2.05) is 0 Å². The summed E-state index contributed by atoms with van der Waals surface area (Å²) in [7, 11) is -3.77. The van der Waals surface area contributed by atoms with Gasteiger partial charge in [-0.3, -0.25) is 14.9 Å². The first-order valence-corrected chi connectivity index (χ1v) is 8.12. The van der Waals surface area contributed by atoms with Gasteiger partial charge in [-0.05, 0) is 6.07 Å². The van der Waals surface area contributed by atoms with Crippen LogP contribution in [0.2, 0.25) is 0 Å². The summed E-state index contributed by atoms with van der Waals surface area (Å²) in [5, 5.41) is 24.9. The number of carbonyl (C=O) groups is 2. The third kappa shape index (κ3) is 3.81. The maximum absolute atomic E-state index is 12.0. The summed E-state index contributed by atoms with van der Waals surface area (Å²) >= 11 is 0. The van der Waals surface area contributed by atoms with Gasteiger partial charge in [0.25, 0.3) is 5.69 Å². The van der Waals surface area contributed by atoms with E-state index >= 15 is 0 Å². The molecule has 23 heavy (non-hydrogen) atoms. The average molecular weight is 343 g/mol. The van der Waals surface area contributed by atoms with Crippen LogP contribution in [0.5, 0.6) is 0 Å². The maximum atomic E-state index is 12.0. The van der Waals surface area contributed by atoms with Gasteiger partial charge in [0.1, 0.15) is 0 Å². The smallest absolute Gasteiger partial charge is 0.338 e. The van der Waals surface area contributed by atoms with E-state index in [9.17, 15) is 33.2 Å². The van der Waals surface area contributed by atoms with E-state index < -0.39 is 49.7 Å². The average Bonchev–Trinajstić information content (AvgIpc) is 2.76. The number of hydrogen-bond donors (Lipinski definition) is 2. The number of carboxylic acid groups (broad SMARTS) is 1. The van der Waals surface area contributed by atoms with Crippen molar-refractivity contribution in [3.8, 4) is 0 Å². The molecule has 124 valence electrons. The minimum absolute atomic E-state index is 0.00924.